The van der Waals surface area contributed by atoms with E-state index in [0.717, 1.165) is 31.4 Å². The molecular weight excluding hydrogens is 330 g/mol. The van der Waals surface area contributed by atoms with E-state index < -0.39 is 24.3 Å². The molecule has 5 nitrogen and oxygen atoms in total. The maximum Gasteiger partial charge on any atom is 0.410 e. The van der Waals surface area contributed by atoms with E-state index in [4.69, 9.17) is 9.47 Å². The number of hydrogen-bond donors (Lipinski definition) is 1. The van der Waals surface area contributed by atoms with Gasteiger partial charge in [0.2, 0.25) is 0 Å². The number of rotatable bonds is 7. The number of hydrogen-bond acceptors (Lipinski definition) is 4. The first-order valence-corrected chi connectivity index (χ1v) is 8.81. The number of nitrogens with zero attached hydrogens (tertiary/aromatic N) is 1. The van der Waals surface area contributed by atoms with Crippen LogP contribution in [0.25, 0.3) is 0 Å². The molecule has 1 aromatic carbocycles. The molecule has 7 heteroatoms. The minimum absolute atomic E-state index is 0.0327. The molecule has 140 valence electrons. The summed E-state index contributed by atoms with van der Waals surface area (Å²) in [6.07, 6.45) is 1.99. The van der Waals surface area contributed by atoms with Crippen molar-refractivity contribution in [1.82, 2.24) is 10.2 Å². The van der Waals surface area contributed by atoms with Crippen LogP contribution in [0.3, 0.4) is 0 Å². The average Bonchev–Trinajstić information content (AvgIpc) is 2.61. The van der Waals surface area contributed by atoms with Crippen LogP contribution in [-0.4, -0.2) is 43.3 Å². The fraction of sp³-hybridized carbons (Fsp3) is 0.611. The number of unbranched alkanes of at least 4 members (excludes halogenated alkanes) is 1. The molecular formula is C18H26F2N2O3. The van der Waals surface area contributed by atoms with E-state index in [2.05, 4.69) is 5.32 Å². The molecule has 1 N–H and O–H groups in total. The molecule has 0 bridgehead atoms. The van der Waals surface area contributed by atoms with E-state index in [1.807, 2.05) is 13.8 Å². The highest BCUT2D eigenvalue weighted by Gasteiger charge is 2.26. The Morgan fingerprint density at radius 2 is 2.04 bits per heavy atom. The molecule has 0 spiro atoms. The van der Waals surface area contributed by atoms with Gasteiger partial charge in [0.05, 0.1) is 12.2 Å². The predicted octanol–water partition coefficient (Wildman–Crippen LogP) is 3.46. The molecule has 0 aromatic heterocycles. The smallest absolute Gasteiger partial charge is 0.410 e. The molecule has 1 aromatic rings. The summed E-state index contributed by atoms with van der Waals surface area (Å²) in [4.78, 5) is 13.8. The summed E-state index contributed by atoms with van der Waals surface area (Å²) in [6, 6.07) is 2.29. The number of ether oxygens (including phenoxy) is 2. The van der Waals surface area contributed by atoms with Crippen LogP contribution in [0.5, 0.6) is 5.75 Å². The zero-order valence-electron chi connectivity index (χ0n) is 14.8. The van der Waals surface area contributed by atoms with Crippen molar-refractivity contribution in [3.05, 3.63) is 29.3 Å². The van der Waals surface area contributed by atoms with Crippen molar-refractivity contribution in [2.75, 3.05) is 26.2 Å². The Bertz CT molecular complexity index is 560. The fourth-order valence-electron chi connectivity index (χ4n) is 2.72. The highest BCUT2D eigenvalue weighted by molar-refractivity contribution is 5.68. The summed E-state index contributed by atoms with van der Waals surface area (Å²) < 4.78 is 38.7. The molecule has 0 unspecified atom stereocenters. The molecule has 2 rings (SSSR count). The summed E-state index contributed by atoms with van der Waals surface area (Å²) >= 11 is 0. The summed E-state index contributed by atoms with van der Waals surface area (Å²) in [5, 5.41) is 3.21. The van der Waals surface area contributed by atoms with Gasteiger partial charge in [0.1, 0.15) is 24.0 Å². The Labute approximate surface area is 147 Å². The molecule has 0 saturated carbocycles. The van der Waals surface area contributed by atoms with Gasteiger partial charge in [0.25, 0.3) is 0 Å². The first-order chi connectivity index (χ1) is 12.1. The zero-order valence-corrected chi connectivity index (χ0v) is 14.8. The number of amides is 1. The second kappa shape index (κ2) is 9.56. The Balaban J connectivity index is 1.96. The minimum atomic E-state index is -0.772. The van der Waals surface area contributed by atoms with Crippen molar-refractivity contribution in [2.24, 2.45) is 0 Å². The summed E-state index contributed by atoms with van der Waals surface area (Å²) in [7, 11) is 0. The number of halogens is 2. The third kappa shape index (κ3) is 5.29. The summed E-state index contributed by atoms with van der Waals surface area (Å²) in [6.45, 7) is 5.85. The number of carbonyl (C=O) groups excluding carboxylic acids is 1. The number of carbonyl (C=O) groups is 1. The van der Waals surface area contributed by atoms with E-state index in [1.54, 1.807) is 4.90 Å². The standard InChI is InChI=1S/C18H26F2N2O3/c1-3-5-8-24-14-9-16(19)15(17(20)10-14)12-25-18(23)22-7-6-21-11-13(22)4-2/h9-10,13,21H,3-8,11-12H2,1-2H3/t13-/m1/s1. The number of nitrogens with one attached hydrogen (secondary N) is 1. The maximum atomic E-state index is 14.1. The van der Waals surface area contributed by atoms with Gasteiger partial charge in [-0.15, -0.1) is 0 Å². The van der Waals surface area contributed by atoms with Crippen LogP contribution in [0.4, 0.5) is 13.6 Å². The lowest BCUT2D eigenvalue weighted by Gasteiger charge is -2.34. The van der Waals surface area contributed by atoms with Crippen LogP contribution in [0.15, 0.2) is 12.1 Å². The SMILES string of the molecule is CCCCOc1cc(F)c(COC(=O)N2CCNC[C@H]2CC)c(F)c1. The van der Waals surface area contributed by atoms with Crippen molar-refractivity contribution in [3.8, 4) is 5.75 Å². The lowest BCUT2D eigenvalue weighted by Crippen LogP contribution is -2.53. The predicted molar refractivity (Wildman–Crippen MR) is 90.6 cm³/mol. The van der Waals surface area contributed by atoms with Crippen LogP contribution in [0, 0.1) is 11.6 Å². The minimum Gasteiger partial charge on any atom is -0.493 e. The van der Waals surface area contributed by atoms with Gasteiger partial charge in [-0.1, -0.05) is 20.3 Å². The first-order valence-electron chi connectivity index (χ1n) is 8.81. The molecule has 1 saturated heterocycles. The third-order valence-electron chi connectivity index (χ3n) is 4.28. The zero-order chi connectivity index (χ0) is 18.2. The van der Waals surface area contributed by atoms with Gasteiger partial charge >= 0.3 is 6.09 Å². The van der Waals surface area contributed by atoms with E-state index in [9.17, 15) is 13.6 Å². The van der Waals surface area contributed by atoms with Crippen LogP contribution in [0.2, 0.25) is 0 Å². The Kier molecular flexibility index (Phi) is 7.43. The highest BCUT2D eigenvalue weighted by atomic mass is 19.1. The molecule has 1 heterocycles. The van der Waals surface area contributed by atoms with Gasteiger partial charge in [-0.3, -0.25) is 0 Å². The van der Waals surface area contributed by atoms with Crippen molar-refractivity contribution in [1.29, 1.82) is 0 Å². The summed E-state index contributed by atoms with van der Waals surface area (Å²) in [5.74, 6) is -1.40. The molecule has 1 fully saturated rings. The van der Waals surface area contributed by atoms with Crippen LogP contribution >= 0.6 is 0 Å². The molecule has 1 atom stereocenters. The van der Waals surface area contributed by atoms with E-state index in [1.165, 1.54) is 0 Å². The van der Waals surface area contributed by atoms with Crippen LogP contribution in [-0.2, 0) is 11.3 Å². The van der Waals surface area contributed by atoms with Crippen molar-refractivity contribution < 1.29 is 23.0 Å². The van der Waals surface area contributed by atoms with E-state index in [-0.39, 0.29) is 17.4 Å². The first kappa shape index (κ1) is 19.4. The molecule has 1 aliphatic heterocycles. The van der Waals surface area contributed by atoms with Gasteiger partial charge in [0.15, 0.2) is 0 Å². The quantitative estimate of drug-likeness (QED) is 0.760. The second-order valence-corrected chi connectivity index (χ2v) is 6.08. The molecule has 0 aliphatic carbocycles. The monoisotopic (exact) mass is 356 g/mol. The third-order valence-corrected chi connectivity index (χ3v) is 4.28. The van der Waals surface area contributed by atoms with E-state index in [0.29, 0.717) is 26.2 Å². The average molecular weight is 356 g/mol. The van der Waals surface area contributed by atoms with Gasteiger partial charge in [-0.25, -0.2) is 13.6 Å². The van der Waals surface area contributed by atoms with Gasteiger partial charge in [-0.2, -0.15) is 0 Å². The number of piperazine rings is 1. The molecule has 1 amide bonds. The van der Waals surface area contributed by atoms with Gasteiger partial charge in [0, 0.05) is 37.8 Å². The topological polar surface area (TPSA) is 50.8 Å². The molecule has 0 radical (unpaired) electrons. The van der Waals surface area contributed by atoms with Crippen molar-refractivity contribution in [3.63, 3.8) is 0 Å². The molecule has 1 aliphatic rings. The van der Waals surface area contributed by atoms with Crippen molar-refractivity contribution in [2.45, 2.75) is 45.8 Å². The van der Waals surface area contributed by atoms with Crippen LogP contribution in [0.1, 0.15) is 38.7 Å². The maximum absolute atomic E-state index is 14.1. The lowest BCUT2D eigenvalue weighted by atomic mass is 10.1. The largest absolute Gasteiger partial charge is 0.493 e. The van der Waals surface area contributed by atoms with E-state index >= 15 is 0 Å². The van der Waals surface area contributed by atoms with Gasteiger partial charge < -0.3 is 19.7 Å². The summed E-state index contributed by atoms with van der Waals surface area (Å²) in [5.41, 5.74) is -0.264. The number of benzene rings is 1. The lowest BCUT2D eigenvalue weighted by molar-refractivity contribution is 0.0699. The fourth-order valence-corrected chi connectivity index (χ4v) is 2.72. The van der Waals surface area contributed by atoms with Crippen molar-refractivity contribution >= 4 is 6.09 Å². The Morgan fingerprint density at radius 3 is 2.68 bits per heavy atom. The normalized spacial score (nSPS) is 17.4. The van der Waals surface area contributed by atoms with Crippen LogP contribution < -0.4 is 10.1 Å². The Morgan fingerprint density at radius 1 is 1.32 bits per heavy atom. The molecule has 25 heavy (non-hydrogen) atoms. The van der Waals surface area contributed by atoms with Gasteiger partial charge in [-0.05, 0) is 12.8 Å². The second-order valence-electron chi connectivity index (χ2n) is 6.08. The highest BCUT2D eigenvalue weighted by Crippen LogP contribution is 2.22. The Hall–Kier alpha value is -1.89.